The van der Waals surface area contributed by atoms with E-state index in [1.54, 1.807) is 6.26 Å². The highest BCUT2D eigenvalue weighted by atomic mass is 16.3. The minimum atomic E-state index is -0.0916. The highest BCUT2D eigenvalue weighted by Gasteiger charge is 2.18. The van der Waals surface area contributed by atoms with Crippen LogP contribution in [0.25, 0.3) is 0 Å². The maximum atomic E-state index is 12.4. The van der Waals surface area contributed by atoms with Crippen LogP contribution in [-0.4, -0.2) is 43.7 Å². The van der Waals surface area contributed by atoms with Crippen LogP contribution in [0.2, 0.25) is 0 Å². The Morgan fingerprint density at radius 3 is 2.64 bits per heavy atom. The summed E-state index contributed by atoms with van der Waals surface area (Å²) in [7, 11) is 3.93. The number of likely N-dealkylation sites (N-methyl/N-ethyl adjacent to an activating group) is 1. The summed E-state index contributed by atoms with van der Waals surface area (Å²) in [6.45, 7) is 3.41. The van der Waals surface area contributed by atoms with Crippen LogP contribution < -0.4 is 10.3 Å². The average molecular weight is 340 g/mol. The van der Waals surface area contributed by atoms with Crippen molar-refractivity contribution < 1.29 is 9.21 Å². The van der Waals surface area contributed by atoms with E-state index in [0.717, 1.165) is 30.1 Å². The molecule has 1 N–H and O–H groups in total. The van der Waals surface area contributed by atoms with Crippen molar-refractivity contribution in [3.63, 3.8) is 0 Å². The molecular formula is C19H24N4O2. The fourth-order valence-electron chi connectivity index (χ4n) is 2.86. The molecule has 6 nitrogen and oxygen atoms in total. The van der Waals surface area contributed by atoms with Gasteiger partial charge in [0, 0.05) is 30.8 Å². The van der Waals surface area contributed by atoms with E-state index < -0.39 is 0 Å². The molecule has 2 aromatic rings. The first kappa shape index (κ1) is 17.2. The minimum absolute atomic E-state index is 0.000126. The van der Waals surface area contributed by atoms with Gasteiger partial charge in [-0.2, -0.15) is 5.10 Å². The van der Waals surface area contributed by atoms with Crippen LogP contribution in [0.3, 0.4) is 0 Å². The first-order chi connectivity index (χ1) is 12.0. The van der Waals surface area contributed by atoms with Crippen LogP contribution in [0.4, 0.5) is 5.69 Å². The Labute approximate surface area is 148 Å². The number of nitrogens with one attached hydrogen (secondary N) is 1. The third-order valence-electron chi connectivity index (χ3n) is 4.36. The Morgan fingerprint density at radius 1 is 1.32 bits per heavy atom. The molecule has 0 saturated carbocycles. The van der Waals surface area contributed by atoms with E-state index in [1.165, 1.54) is 0 Å². The number of hydrazone groups is 1. The average Bonchev–Trinajstić information content (AvgIpc) is 3.27. The SMILES string of the molecule is CC1=NN(c2ccc(C(=O)NCC(c3ccco3)N(C)C)cc2)CC1. The van der Waals surface area contributed by atoms with Gasteiger partial charge in [0.15, 0.2) is 0 Å². The standard InChI is InChI=1S/C19H24N4O2/c1-14-10-11-23(21-14)16-8-6-15(7-9-16)19(24)20-13-17(22(2)3)18-5-4-12-25-18/h4-9,12,17H,10-11,13H2,1-3H3,(H,20,24). The smallest absolute Gasteiger partial charge is 0.251 e. The molecule has 6 heteroatoms. The minimum Gasteiger partial charge on any atom is -0.468 e. The van der Waals surface area contributed by atoms with Gasteiger partial charge in [0.2, 0.25) is 0 Å². The maximum absolute atomic E-state index is 12.4. The van der Waals surface area contributed by atoms with Crippen LogP contribution in [-0.2, 0) is 0 Å². The van der Waals surface area contributed by atoms with Crippen molar-refractivity contribution in [2.24, 2.45) is 5.10 Å². The van der Waals surface area contributed by atoms with E-state index in [2.05, 4.69) is 10.4 Å². The topological polar surface area (TPSA) is 61.1 Å². The van der Waals surface area contributed by atoms with Crippen molar-refractivity contribution in [2.45, 2.75) is 19.4 Å². The lowest BCUT2D eigenvalue weighted by molar-refractivity contribution is 0.0939. The van der Waals surface area contributed by atoms with Crippen molar-refractivity contribution in [1.82, 2.24) is 10.2 Å². The molecule has 132 valence electrons. The van der Waals surface area contributed by atoms with E-state index in [9.17, 15) is 4.79 Å². The lowest BCUT2D eigenvalue weighted by Crippen LogP contribution is -2.34. The number of rotatable bonds is 6. The molecule has 25 heavy (non-hydrogen) atoms. The second-order valence-corrected chi connectivity index (χ2v) is 6.46. The van der Waals surface area contributed by atoms with Gasteiger partial charge in [-0.05, 0) is 57.4 Å². The second kappa shape index (κ2) is 7.53. The van der Waals surface area contributed by atoms with Crippen LogP contribution in [0.1, 0.15) is 35.5 Å². The quantitative estimate of drug-likeness (QED) is 0.878. The van der Waals surface area contributed by atoms with Gasteiger partial charge < -0.3 is 9.73 Å². The largest absolute Gasteiger partial charge is 0.468 e. The van der Waals surface area contributed by atoms with Crippen LogP contribution >= 0.6 is 0 Å². The summed E-state index contributed by atoms with van der Waals surface area (Å²) in [5.74, 6) is 0.744. The Balaban J connectivity index is 1.61. The number of carbonyl (C=O) groups excluding carboxylic acids is 1. The molecule has 0 fully saturated rings. The molecule has 1 aromatic carbocycles. The third-order valence-corrected chi connectivity index (χ3v) is 4.36. The van der Waals surface area contributed by atoms with E-state index in [-0.39, 0.29) is 11.9 Å². The molecule has 0 aliphatic carbocycles. The molecule has 1 aromatic heterocycles. The van der Waals surface area contributed by atoms with E-state index in [4.69, 9.17) is 4.42 Å². The monoisotopic (exact) mass is 340 g/mol. The summed E-state index contributed by atoms with van der Waals surface area (Å²) >= 11 is 0. The number of amides is 1. The number of furan rings is 1. The zero-order valence-corrected chi connectivity index (χ0v) is 14.9. The zero-order chi connectivity index (χ0) is 17.8. The van der Waals surface area contributed by atoms with Crippen molar-refractivity contribution in [3.8, 4) is 0 Å². The van der Waals surface area contributed by atoms with Crippen LogP contribution in [0, 0.1) is 0 Å². The zero-order valence-electron chi connectivity index (χ0n) is 14.9. The van der Waals surface area contributed by atoms with Gasteiger partial charge >= 0.3 is 0 Å². The van der Waals surface area contributed by atoms with Crippen molar-refractivity contribution in [1.29, 1.82) is 0 Å². The fraction of sp³-hybridized carbons (Fsp3) is 0.368. The van der Waals surface area contributed by atoms with E-state index in [1.807, 2.05) is 67.3 Å². The Morgan fingerprint density at radius 2 is 2.08 bits per heavy atom. The van der Waals surface area contributed by atoms with Gasteiger partial charge in [-0.15, -0.1) is 0 Å². The maximum Gasteiger partial charge on any atom is 0.251 e. The summed E-state index contributed by atoms with van der Waals surface area (Å²) in [6.07, 6.45) is 2.63. The molecule has 0 bridgehead atoms. The van der Waals surface area contributed by atoms with Gasteiger partial charge in [-0.3, -0.25) is 14.7 Å². The first-order valence-corrected chi connectivity index (χ1v) is 8.44. The van der Waals surface area contributed by atoms with Crippen LogP contribution in [0.5, 0.6) is 0 Å². The van der Waals surface area contributed by atoms with E-state index in [0.29, 0.717) is 12.1 Å². The molecule has 1 unspecified atom stereocenters. The predicted octanol–water partition coefficient (Wildman–Crippen LogP) is 2.90. The number of anilines is 1. The Hall–Kier alpha value is -2.60. The normalized spacial score (nSPS) is 15.4. The summed E-state index contributed by atoms with van der Waals surface area (Å²) < 4.78 is 5.47. The summed E-state index contributed by atoms with van der Waals surface area (Å²) in [5.41, 5.74) is 2.78. The number of carbonyl (C=O) groups is 1. The molecule has 3 rings (SSSR count). The number of benzene rings is 1. The first-order valence-electron chi connectivity index (χ1n) is 8.44. The van der Waals surface area contributed by atoms with Gasteiger partial charge in [-0.1, -0.05) is 0 Å². The van der Waals surface area contributed by atoms with Crippen molar-refractivity contribution in [3.05, 3.63) is 54.0 Å². The molecule has 1 aliphatic rings. The molecule has 1 atom stereocenters. The molecule has 0 spiro atoms. The van der Waals surface area contributed by atoms with Gasteiger partial charge in [0.1, 0.15) is 5.76 Å². The lowest BCUT2D eigenvalue weighted by Gasteiger charge is -2.22. The molecule has 0 radical (unpaired) electrons. The van der Waals surface area contributed by atoms with Crippen LogP contribution in [0.15, 0.2) is 52.2 Å². The van der Waals surface area contributed by atoms with Crippen molar-refractivity contribution in [2.75, 3.05) is 32.2 Å². The lowest BCUT2D eigenvalue weighted by atomic mass is 10.1. The molecule has 2 heterocycles. The Kier molecular flexibility index (Phi) is 5.19. The number of hydrogen-bond donors (Lipinski definition) is 1. The van der Waals surface area contributed by atoms with Gasteiger partial charge in [-0.25, -0.2) is 0 Å². The van der Waals surface area contributed by atoms with Gasteiger partial charge in [0.05, 0.1) is 18.0 Å². The second-order valence-electron chi connectivity index (χ2n) is 6.46. The summed E-state index contributed by atoms with van der Waals surface area (Å²) in [4.78, 5) is 14.4. The van der Waals surface area contributed by atoms with Gasteiger partial charge in [0.25, 0.3) is 5.91 Å². The summed E-state index contributed by atoms with van der Waals surface area (Å²) in [6, 6.07) is 11.3. The molecular weight excluding hydrogens is 316 g/mol. The predicted molar refractivity (Wildman–Crippen MR) is 99.0 cm³/mol. The molecule has 1 aliphatic heterocycles. The molecule has 1 amide bonds. The van der Waals surface area contributed by atoms with E-state index >= 15 is 0 Å². The fourth-order valence-corrected chi connectivity index (χ4v) is 2.86. The number of nitrogens with zero attached hydrogens (tertiary/aromatic N) is 3. The molecule has 0 saturated heterocycles. The summed E-state index contributed by atoms with van der Waals surface area (Å²) in [5, 5.41) is 9.43. The highest BCUT2D eigenvalue weighted by Crippen LogP contribution is 2.20. The highest BCUT2D eigenvalue weighted by molar-refractivity contribution is 5.94. The Bertz CT molecular complexity index is 735. The van der Waals surface area contributed by atoms with Crippen molar-refractivity contribution >= 4 is 17.3 Å². The number of hydrogen-bond acceptors (Lipinski definition) is 5. The third kappa shape index (κ3) is 4.09.